The van der Waals surface area contributed by atoms with Gasteiger partial charge >= 0.3 is 0 Å². The maximum atomic E-state index is 12.0. The highest BCUT2D eigenvalue weighted by Gasteiger charge is 2.28. The number of aliphatic imine (C=N–C) groups is 1. The zero-order chi connectivity index (χ0) is 19.5. The predicted octanol–water partition coefficient (Wildman–Crippen LogP) is 1.01. The molecular weight excluding hydrogens is 473 g/mol. The second kappa shape index (κ2) is 13.2. The Bertz CT molecular complexity index is 647. The van der Waals surface area contributed by atoms with Crippen LogP contribution >= 0.6 is 24.0 Å². The number of hydrogen-bond acceptors (Lipinski definition) is 4. The number of benzene rings is 1. The average molecular weight is 503 g/mol. The Labute approximate surface area is 183 Å². The molecule has 1 aromatic rings. The van der Waals surface area contributed by atoms with Gasteiger partial charge in [-0.3, -0.25) is 9.59 Å². The zero-order valence-corrected chi connectivity index (χ0v) is 18.7. The Morgan fingerprint density at radius 3 is 2.36 bits per heavy atom. The summed E-state index contributed by atoms with van der Waals surface area (Å²) in [6.45, 7) is 4.19. The molecule has 1 fully saturated rings. The van der Waals surface area contributed by atoms with Crippen molar-refractivity contribution in [3.8, 4) is 5.75 Å². The zero-order valence-electron chi connectivity index (χ0n) is 16.4. The Morgan fingerprint density at radius 2 is 1.75 bits per heavy atom. The summed E-state index contributed by atoms with van der Waals surface area (Å²) in [6, 6.07) is 7.53. The number of nitrogens with zero attached hydrogens (tertiary/aromatic N) is 1. The van der Waals surface area contributed by atoms with Gasteiger partial charge in [-0.25, -0.2) is 4.99 Å². The molecule has 0 heterocycles. The van der Waals surface area contributed by atoms with Gasteiger partial charge in [-0.2, -0.15) is 0 Å². The molecule has 1 aliphatic carbocycles. The van der Waals surface area contributed by atoms with Crippen LogP contribution < -0.4 is 26.0 Å². The molecule has 0 bridgehead atoms. The highest BCUT2D eigenvalue weighted by Crippen LogP contribution is 2.28. The van der Waals surface area contributed by atoms with Crippen molar-refractivity contribution in [2.45, 2.75) is 26.3 Å². The van der Waals surface area contributed by atoms with Crippen LogP contribution in [0, 0.1) is 5.92 Å². The standard InChI is InChI=1S/C19H29N5O3.HI/c1-3-20-19(22-11-10-21-18(26)15-6-7-15)24-13-17(25)23-12-14-4-8-16(27-2)9-5-14;/h4-5,8-9,15H,3,6-7,10-13H2,1-2H3,(H,21,26)(H,23,25)(H2,20,22,24);1H. The number of halogens is 1. The summed E-state index contributed by atoms with van der Waals surface area (Å²) in [5.74, 6) is 1.50. The number of rotatable bonds is 10. The van der Waals surface area contributed by atoms with E-state index in [1.807, 2.05) is 31.2 Å². The van der Waals surface area contributed by atoms with Crippen molar-refractivity contribution in [1.29, 1.82) is 0 Å². The van der Waals surface area contributed by atoms with Crippen molar-refractivity contribution < 1.29 is 14.3 Å². The molecule has 1 saturated carbocycles. The maximum Gasteiger partial charge on any atom is 0.242 e. The van der Waals surface area contributed by atoms with Crippen molar-refractivity contribution >= 4 is 41.8 Å². The first kappa shape index (κ1) is 24.0. The quantitative estimate of drug-likeness (QED) is 0.165. The van der Waals surface area contributed by atoms with Crippen LogP contribution in [-0.2, 0) is 16.1 Å². The number of methoxy groups -OCH3 is 1. The molecule has 0 radical (unpaired) electrons. The average Bonchev–Trinajstić information content (AvgIpc) is 3.53. The van der Waals surface area contributed by atoms with Gasteiger partial charge in [0.05, 0.1) is 7.11 Å². The molecule has 4 N–H and O–H groups in total. The van der Waals surface area contributed by atoms with Crippen LogP contribution in [0.15, 0.2) is 29.3 Å². The second-order valence-corrected chi connectivity index (χ2v) is 6.31. The third-order valence-corrected chi connectivity index (χ3v) is 4.04. The molecular formula is C19H30IN5O3. The first-order valence-electron chi connectivity index (χ1n) is 9.32. The minimum atomic E-state index is -0.162. The van der Waals surface area contributed by atoms with Crippen LogP contribution in [0.3, 0.4) is 0 Å². The topological polar surface area (TPSA) is 104 Å². The normalized spacial score (nSPS) is 13.1. The molecule has 28 heavy (non-hydrogen) atoms. The van der Waals surface area contributed by atoms with Crippen LogP contribution in [0.25, 0.3) is 0 Å². The Morgan fingerprint density at radius 1 is 1.07 bits per heavy atom. The molecule has 0 spiro atoms. The Hall–Kier alpha value is -2.04. The van der Waals surface area contributed by atoms with Gasteiger partial charge in [0.2, 0.25) is 11.8 Å². The molecule has 9 heteroatoms. The van der Waals surface area contributed by atoms with Crippen molar-refractivity contribution in [3.63, 3.8) is 0 Å². The summed E-state index contributed by atoms with van der Waals surface area (Å²) in [4.78, 5) is 27.8. The minimum Gasteiger partial charge on any atom is -0.497 e. The highest BCUT2D eigenvalue weighted by molar-refractivity contribution is 14.0. The van der Waals surface area contributed by atoms with E-state index >= 15 is 0 Å². The van der Waals surface area contributed by atoms with Crippen molar-refractivity contribution in [2.75, 3.05) is 33.3 Å². The number of guanidine groups is 1. The van der Waals surface area contributed by atoms with Gasteiger partial charge in [0.1, 0.15) is 12.3 Å². The summed E-state index contributed by atoms with van der Waals surface area (Å²) < 4.78 is 5.11. The molecule has 0 aromatic heterocycles. The van der Waals surface area contributed by atoms with Gasteiger partial charge in [0.25, 0.3) is 0 Å². The van der Waals surface area contributed by atoms with Crippen molar-refractivity contribution in [3.05, 3.63) is 29.8 Å². The van der Waals surface area contributed by atoms with Gasteiger partial charge in [-0.05, 0) is 37.5 Å². The molecule has 1 aliphatic rings. The van der Waals surface area contributed by atoms with Crippen molar-refractivity contribution in [2.24, 2.45) is 10.9 Å². The molecule has 2 rings (SSSR count). The number of ether oxygens (including phenoxy) is 1. The number of carbonyl (C=O) groups is 2. The smallest absolute Gasteiger partial charge is 0.242 e. The molecule has 8 nitrogen and oxygen atoms in total. The summed E-state index contributed by atoms with van der Waals surface area (Å²) in [5.41, 5.74) is 0.990. The van der Waals surface area contributed by atoms with E-state index in [0.717, 1.165) is 24.2 Å². The minimum absolute atomic E-state index is 0. The van der Waals surface area contributed by atoms with E-state index in [9.17, 15) is 9.59 Å². The van der Waals surface area contributed by atoms with Crippen LogP contribution in [0.1, 0.15) is 25.3 Å². The van der Waals surface area contributed by atoms with Gasteiger partial charge in [0, 0.05) is 32.1 Å². The van der Waals surface area contributed by atoms with Gasteiger partial charge in [0.15, 0.2) is 5.96 Å². The van der Waals surface area contributed by atoms with E-state index < -0.39 is 0 Å². The van der Waals surface area contributed by atoms with Gasteiger partial charge < -0.3 is 26.0 Å². The summed E-state index contributed by atoms with van der Waals surface area (Å²) in [7, 11) is 1.62. The molecule has 0 unspecified atom stereocenters. The van der Waals surface area contributed by atoms with Crippen molar-refractivity contribution in [1.82, 2.24) is 21.3 Å². The van der Waals surface area contributed by atoms with E-state index in [4.69, 9.17) is 4.74 Å². The first-order valence-corrected chi connectivity index (χ1v) is 9.32. The van der Waals surface area contributed by atoms with E-state index in [1.54, 1.807) is 7.11 Å². The molecule has 156 valence electrons. The predicted molar refractivity (Wildman–Crippen MR) is 120 cm³/mol. The fourth-order valence-electron chi connectivity index (χ4n) is 2.35. The third kappa shape index (κ3) is 9.25. The Balaban J connectivity index is 0.00000392. The molecule has 0 atom stereocenters. The molecule has 0 saturated heterocycles. The summed E-state index contributed by atoms with van der Waals surface area (Å²) in [6.07, 6.45) is 1.99. The van der Waals surface area contributed by atoms with Crippen LogP contribution in [0.5, 0.6) is 5.75 Å². The van der Waals surface area contributed by atoms with Crippen LogP contribution in [-0.4, -0.2) is 51.1 Å². The monoisotopic (exact) mass is 503 g/mol. The van der Waals surface area contributed by atoms with Gasteiger partial charge in [-0.1, -0.05) is 12.1 Å². The molecule has 1 aromatic carbocycles. The molecule has 2 amide bonds. The number of amides is 2. The second-order valence-electron chi connectivity index (χ2n) is 6.31. The number of nitrogens with one attached hydrogen (secondary N) is 4. The first-order chi connectivity index (χ1) is 13.1. The van der Waals surface area contributed by atoms with E-state index in [2.05, 4.69) is 26.3 Å². The largest absolute Gasteiger partial charge is 0.497 e. The maximum absolute atomic E-state index is 12.0. The molecule has 0 aliphatic heterocycles. The lowest BCUT2D eigenvalue weighted by atomic mass is 10.2. The fourth-order valence-corrected chi connectivity index (χ4v) is 2.35. The SMILES string of the molecule is CCNC(=NCC(=O)NCc1ccc(OC)cc1)NCCNC(=O)C1CC1.I. The lowest BCUT2D eigenvalue weighted by Gasteiger charge is -2.12. The van der Waals surface area contributed by atoms with E-state index in [-0.39, 0.29) is 48.3 Å². The van der Waals surface area contributed by atoms with Crippen LogP contribution in [0.4, 0.5) is 0 Å². The Kier molecular flexibility index (Phi) is 11.3. The fraction of sp³-hybridized carbons (Fsp3) is 0.526. The van der Waals surface area contributed by atoms with E-state index in [1.165, 1.54) is 0 Å². The van der Waals surface area contributed by atoms with E-state index in [0.29, 0.717) is 32.1 Å². The lowest BCUT2D eigenvalue weighted by Crippen LogP contribution is -2.42. The third-order valence-electron chi connectivity index (χ3n) is 4.04. The number of hydrogen-bond donors (Lipinski definition) is 4. The lowest BCUT2D eigenvalue weighted by molar-refractivity contribution is -0.122. The highest BCUT2D eigenvalue weighted by atomic mass is 127. The summed E-state index contributed by atoms with van der Waals surface area (Å²) in [5, 5.41) is 11.9. The van der Waals surface area contributed by atoms with Gasteiger partial charge in [-0.15, -0.1) is 24.0 Å². The number of carbonyl (C=O) groups excluding carboxylic acids is 2. The summed E-state index contributed by atoms with van der Waals surface area (Å²) >= 11 is 0. The van der Waals surface area contributed by atoms with Crippen LogP contribution in [0.2, 0.25) is 0 Å².